The van der Waals surface area contributed by atoms with Crippen molar-refractivity contribution in [3.8, 4) is 22.2 Å². The number of benzene rings is 1. The van der Waals surface area contributed by atoms with Crippen LogP contribution < -0.4 is 5.32 Å². The molecule has 0 unspecified atom stereocenters. The Balaban J connectivity index is 1.60. The largest absolute Gasteiger partial charge is 0.333 e. The van der Waals surface area contributed by atoms with Crippen LogP contribution in [0.4, 0.5) is 10.1 Å². The molecule has 0 aliphatic rings. The lowest BCUT2D eigenvalue weighted by molar-refractivity contribution is 0.103. The van der Waals surface area contributed by atoms with Gasteiger partial charge >= 0.3 is 0 Å². The van der Waals surface area contributed by atoms with Crippen LogP contribution in [0.1, 0.15) is 9.67 Å². The number of nitrogens with zero attached hydrogens (tertiary/aromatic N) is 2. The van der Waals surface area contributed by atoms with Gasteiger partial charge in [0.25, 0.3) is 11.8 Å². The lowest BCUT2D eigenvalue weighted by Crippen LogP contribution is -2.09. The van der Waals surface area contributed by atoms with Crippen LogP contribution in [0.3, 0.4) is 0 Å². The molecule has 1 amide bonds. The van der Waals surface area contributed by atoms with Gasteiger partial charge in [-0.15, -0.1) is 22.7 Å². The molecule has 0 saturated heterocycles. The molecule has 0 atom stereocenters. The van der Waals surface area contributed by atoms with Crippen LogP contribution in [0.15, 0.2) is 52.4 Å². The number of carbonyl (C=O) groups excluding carboxylic acids is 1. The Morgan fingerprint density at radius 1 is 1.23 bits per heavy atom. The number of halogens is 2. The Labute approximate surface area is 160 Å². The van der Waals surface area contributed by atoms with E-state index in [4.69, 9.17) is 16.1 Å². The van der Waals surface area contributed by atoms with E-state index < -0.39 is 0 Å². The number of carbonyl (C=O) groups is 1. The van der Waals surface area contributed by atoms with E-state index in [1.54, 1.807) is 35.7 Å². The van der Waals surface area contributed by atoms with Crippen LogP contribution >= 0.6 is 34.3 Å². The minimum atomic E-state index is -0.382. The third-order valence-corrected chi connectivity index (χ3v) is 5.55. The van der Waals surface area contributed by atoms with Crippen LogP contribution in [0.5, 0.6) is 0 Å². The van der Waals surface area contributed by atoms with Gasteiger partial charge in [0, 0.05) is 5.56 Å². The summed E-state index contributed by atoms with van der Waals surface area (Å²) in [6, 6.07) is 11.0. The van der Waals surface area contributed by atoms with Gasteiger partial charge in [0.15, 0.2) is 0 Å². The molecule has 0 bridgehead atoms. The zero-order valence-corrected chi connectivity index (χ0v) is 15.3. The highest BCUT2D eigenvalue weighted by atomic mass is 35.5. The maximum Gasteiger partial charge on any atom is 0.270 e. The molecule has 0 fully saturated rings. The van der Waals surface area contributed by atoms with Crippen molar-refractivity contribution in [2.75, 3.05) is 5.32 Å². The highest BCUT2D eigenvalue weighted by molar-refractivity contribution is 7.18. The molecular formula is C17H9ClFN3O2S2. The third-order valence-electron chi connectivity index (χ3n) is 3.41. The van der Waals surface area contributed by atoms with Gasteiger partial charge in [-0.05, 0) is 35.7 Å². The van der Waals surface area contributed by atoms with Crippen molar-refractivity contribution in [2.45, 2.75) is 0 Å². The van der Waals surface area contributed by atoms with Gasteiger partial charge in [0.2, 0.25) is 5.82 Å². The summed E-state index contributed by atoms with van der Waals surface area (Å²) in [5.74, 6) is -0.132. The first kappa shape index (κ1) is 16.9. The summed E-state index contributed by atoms with van der Waals surface area (Å²) >= 11 is 8.41. The zero-order chi connectivity index (χ0) is 18.1. The first-order valence-electron chi connectivity index (χ1n) is 7.34. The first-order chi connectivity index (χ1) is 12.6. The van der Waals surface area contributed by atoms with Crippen molar-refractivity contribution in [3.05, 3.63) is 62.9 Å². The van der Waals surface area contributed by atoms with Gasteiger partial charge in [0.1, 0.15) is 10.7 Å². The molecule has 0 aliphatic carbocycles. The predicted molar refractivity (Wildman–Crippen MR) is 100 cm³/mol. The van der Waals surface area contributed by atoms with Crippen LogP contribution in [-0.2, 0) is 0 Å². The number of anilines is 1. The van der Waals surface area contributed by atoms with Gasteiger partial charge in [-0.25, -0.2) is 4.39 Å². The highest BCUT2D eigenvalue weighted by Gasteiger charge is 2.18. The van der Waals surface area contributed by atoms with Gasteiger partial charge < -0.3 is 9.84 Å². The summed E-state index contributed by atoms with van der Waals surface area (Å²) in [6.07, 6.45) is 0. The Bertz CT molecular complexity index is 1090. The van der Waals surface area contributed by atoms with Crippen molar-refractivity contribution >= 4 is 45.9 Å². The molecule has 5 nitrogen and oxygen atoms in total. The van der Waals surface area contributed by atoms with Gasteiger partial charge in [0.05, 0.1) is 14.9 Å². The average molecular weight is 406 g/mol. The normalized spacial score (nSPS) is 10.8. The number of hydrogen-bond acceptors (Lipinski definition) is 6. The van der Waals surface area contributed by atoms with E-state index in [0.717, 1.165) is 0 Å². The molecule has 0 saturated carbocycles. The molecule has 3 aromatic heterocycles. The minimum absolute atomic E-state index is 0.249. The van der Waals surface area contributed by atoms with Gasteiger partial charge in [-0.2, -0.15) is 4.98 Å². The summed E-state index contributed by atoms with van der Waals surface area (Å²) in [5.41, 5.74) is 1.06. The Morgan fingerprint density at radius 3 is 2.88 bits per heavy atom. The summed E-state index contributed by atoms with van der Waals surface area (Å²) in [6.45, 7) is 0. The lowest BCUT2D eigenvalue weighted by Gasteiger charge is -2.02. The van der Waals surface area contributed by atoms with E-state index in [2.05, 4.69) is 15.5 Å². The van der Waals surface area contributed by atoms with E-state index in [1.807, 2.05) is 0 Å². The molecule has 1 N–H and O–H groups in total. The van der Waals surface area contributed by atoms with Crippen molar-refractivity contribution in [3.63, 3.8) is 0 Å². The Morgan fingerprint density at radius 2 is 2.12 bits per heavy atom. The molecule has 3 heterocycles. The Kier molecular flexibility index (Phi) is 4.54. The molecule has 9 heteroatoms. The van der Waals surface area contributed by atoms with Crippen molar-refractivity contribution in [2.24, 2.45) is 0 Å². The average Bonchev–Trinajstić information content (AvgIpc) is 3.34. The lowest BCUT2D eigenvalue weighted by atomic mass is 10.2. The summed E-state index contributed by atoms with van der Waals surface area (Å²) in [7, 11) is 0. The molecule has 1 aromatic carbocycles. The fraction of sp³-hybridized carbons (Fsp3) is 0. The SMILES string of the molecule is O=C(Nc1ccsc1-c1nc(-c2cccc(F)c2)no1)c1ccc(Cl)s1. The molecule has 0 aliphatic heterocycles. The number of thiophene rings is 2. The Hall–Kier alpha value is -2.55. The first-order valence-corrected chi connectivity index (χ1v) is 9.42. The number of amides is 1. The summed E-state index contributed by atoms with van der Waals surface area (Å²) in [5, 5.41) is 8.51. The van der Waals surface area contributed by atoms with Gasteiger partial charge in [-0.1, -0.05) is 28.9 Å². The highest BCUT2D eigenvalue weighted by Crippen LogP contribution is 2.34. The topological polar surface area (TPSA) is 68.0 Å². The van der Waals surface area contributed by atoms with Crippen LogP contribution in [0.25, 0.3) is 22.2 Å². The van der Waals surface area contributed by atoms with Crippen molar-refractivity contribution < 1.29 is 13.7 Å². The second-order valence-electron chi connectivity index (χ2n) is 5.15. The monoisotopic (exact) mass is 405 g/mol. The maximum absolute atomic E-state index is 13.4. The van der Waals surface area contributed by atoms with Crippen LogP contribution in [0.2, 0.25) is 4.34 Å². The molecule has 4 rings (SSSR count). The third kappa shape index (κ3) is 3.39. The molecule has 0 radical (unpaired) electrons. The van der Waals surface area contributed by atoms with E-state index in [9.17, 15) is 9.18 Å². The van der Waals surface area contributed by atoms with E-state index in [-0.39, 0.29) is 23.4 Å². The second-order valence-corrected chi connectivity index (χ2v) is 7.79. The molecule has 130 valence electrons. The molecule has 0 spiro atoms. The quantitative estimate of drug-likeness (QED) is 0.481. The van der Waals surface area contributed by atoms with E-state index in [1.165, 1.54) is 34.8 Å². The zero-order valence-electron chi connectivity index (χ0n) is 12.9. The van der Waals surface area contributed by atoms with Crippen LogP contribution in [0, 0.1) is 5.82 Å². The predicted octanol–water partition coefficient (Wildman–Crippen LogP) is 5.57. The molecular weight excluding hydrogens is 397 g/mol. The number of aromatic nitrogens is 2. The molecule has 26 heavy (non-hydrogen) atoms. The summed E-state index contributed by atoms with van der Waals surface area (Å²) in [4.78, 5) is 17.7. The van der Waals surface area contributed by atoms with E-state index >= 15 is 0 Å². The number of rotatable bonds is 4. The fourth-order valence-electron chi connectivity index (χ4n) is 2.25. The maximum atomic E-state index is 13.4. The number of nitrogens with one attached hydrogen (secondary N) is 1. The smallest absolute Gasteiger partial charge is 0.270 e. The minimum Gasteiger partial charge on any atom is -0.333 e. The number of hydrogen-bond donors (Lipinski definition) is 1. The van der Waals surface area contributed by atoms with Gasteiger partial charge in [-0.3, -0.25) is 4.79 Å². The van der Waals surface area contributed by atoms with Crippen molar-refractivity contribution in [1.82, 2.24) is 10.1 Å². The fourth-order valence-corrected chi connectivity index (χ4v) is 3.96. The summed E-state index contributed by atoms with van der Waals surface area (Å²) < 4.78 is 19.2. The van der Waals surface area contributed by atoms with E-state index in [0.29, 0.717) is 25.3 Å². The molecule has 4 aromatic rings. The standard InChI is InChI=1S/C17H9ClFN3O2S2/c18-13-5-4-12(26-13)16(23)20-11-6-7-25-14(11)17-21-15(22-24-17)9-2-1-3-10(19)8-9/h1-8H,(H,20,23). The van der Waals surface area contributed by atoms with Crippen molar-refractivity contribution in [1.29, 1.82) is 0 Å². The second kappa shape index (κ2) is 6.99. The van der Waals surface area contributed by atoms with Crippen LogP contribution in [-0.4, -0.2) is 16.0 Å².